The maximum atomic E-state index is 13.9. The Morgan fingerprint density at radius 2 is 1.97 bits per heavy atom. The van der Waals surface area contributed by atoms with Gasteiger partial charge in [-0.25, -0.2) is 4.79 Å². The number of anilines is 1. The lowest BCUT2D eigenvalue weighted by Crippen LogP contribution is -2.61. The number of carbonyl (C=O) groups is 2. The standard InChI is InChI=1S/C26H35N7O3/c1-17-14-32(18(2)13-31(17)15-19-6-11-36-12-7-19)25(35)33-16-20-22(26(33)8-9-26)29-30-23(20)28-24(34)21-5-3-4-10-27-21/h3-5,10,17-19H,6-9,11-16H2,1-2H3,(H2,28,29,30,34)/t17-,18+/m1/s1. The second kappa shape index (κ2) is 9.15. The van der Waals surface area contributed by atoms with Crippen LogP contribution in [0.25, 0.3) is 0 Å². The molecule has 2 atom stereocenters. The van der Waals surface area contributed by atoms with Gasteiger partial charge < -0.3 is 19.9 Å². The number of carbonyl (C=O) groups excluding carboxylic acids is 2. The molecule has 1 saturated carbocycles. The number of urea groups is 1. The molecule has 2 aromatic rings. The second-order valence-corrected chi connectivity index (χ2v) is 10.9. The fourth-order valence-electron chi connectivity index (χ4n) is 6.14. The number of piperazine rings is 1. The molecule has 192 valence electrons. The molecule has 0 bridgehead atoms. The van der Waals surface area contributed by atoms with E-state index in [2.05, 4.69) is 44.1 Å². The third-order valence-corrected chi connectivity index (χ3v) is 8.44. The van der Waals surface area contributed by atoms with E-state index in [1.165, 1.54) is 0 Å². The van der Waals surface area contributed by atoms with Crippen LogP contribution in [0.3, 0.4) is 0 Å². The van der Waals surface area contributed by atoms with E-state index < -0.39 is 0 Å². The Morgan fingerprint density at radius 1 is 1.17 bits per heavy atom. The van der Waals surface area contributed by atoms with Gasteiger partial charge in [-0.15, -0.1) is 0 Å². The van der Waals surface area contributed by atoms with Crippen LogP contribution in [-0.2, 0) is 16.8 Å². The van der Waals surface area contributed by atoms with Gasteiger partial charge in [0.05, 0.1) is 17.8 Å². The van der Waals surface area contributed by atoms with Crippen molar-refractivity contribution in [1.29, 1.82) is 0 Å². The van der Waals surface area contributed by atoms with E-state index in [-0.39, 0.29) is 23.5 Å². The monoisotopic (exact) mass is 493 g/mol. The quantitative estimate of drug-likeness (QED) is 0.678. The molecule has 1 aliphatic carbocycles. The number of fused-ring (bicyclic) bond motifs is 2. The smallest absolute Gasteiger partial charge is 0.321 e. The fourth-order valence-corrected chi connectivity index (χ4v) is 6.14. The number of aromatic nitrogens is 3. The first-order valence-electron chi connectivity index (χ1n) is 13.2. The minimum Gasteiger partial charge on any atom is -0.381 e. The molecule has 10 nitrogen and oxygen atoms in total. The molecule has 5 heterocycles. The van der Waals surface area contributed by atoms with Gasteiger partial charge in [0.15, 0.2) is 5.82 Å². The molecule has 0 radical (unpaired) electrons. The first-order chi connectivity index (χ1) is 17.5. The van der Waals surface area contributed by atoms with E-state index in [1.807, 2.05) is 4.90 Å². The minimum atomic E-state index is -0.324. The van der Waals surface area contributed by atoms with Crippen LogP contribution in [0, 0.1) is 5.92 Å². The summed E-state index contributed by atoms with van der Waals surface area (Å²) >= 11 is 0. The number of H-pyrrole nitrogens is 1. The lowest BCUT2D eigenvalue weighted by Gasteiger charge is -2.47. The molecule has 3 amide bonds. The number of nitrogens with one attached hydrogen (secondary N) is 2. The van der Waals surface area contributed by atoms with E-state index in [0.717, 1.165) is 69.8 Å². The lowest BCUT2D eigenvalue weighted by atomic mass is 9.97. The van der Waals surface area contributed by atoms with Crippen molar-refractivity contribution in [3.8, 4) is 0 Å². The van der Waals surface area contributed by atoms with Gasteiger partial charge in [-0.3, -0.25) is 19.8 Å². The van der Waals surface area contributed by atoms with Gasteiger partial charge in [0, 0.05) is 56.7 Å². The molecule has 2 saturated heterocycles. The van der Waals surface area contributed by atoms with Crippen molar-refractivity contribution in [3.05, 3.63) is 41.3 Å². The Labute approximate surface area is 211 Å². The molecule has 10 heteroatoms. The first-order valence-corrected chi connectivity index (χ1v) is 13.2. The van der Waals surface area contributed by atoms with Crippen LogP contribution in [0.2, 0.25) is 0 Å². The van der Waals surface area contributed by atoms with Crippen LogP contribution in [0.5, 0.6) is 0 Å². The molecule has 0 aromatic carbocycles. The predicted octanol–water partition coefficient (Wildman–Crippen LogP) is 2.80. The van der Waals surface area contributed by atoms with Crippen LogP contribution >= 0.6 is 0 Å². The van der Waals surface area contributed by atoms with Gasteiger partial charge in [0.25, 0.3) is 5.91 Å². The summed E-state index contributed by atoms with van der Waals surface area (Å²) in [7, 11) is 0. The Hall–Kier alpha value is -2.98. The lowest BCUT2D eigenvalue weighted by molar-refractivity contribution is 0.0115. The average Bonchev–Trinajstić information content (AvgIpc) is 3.49. The van der Waals surface area contributed by atoms with Crippen molar-refractivity contribution < 1.29 is 14.3 Å². The molecule has 6 rings (SSSR count). The highest BCUT2D eigenvalue weighted by atomic mass is 16.5. The van der Waals surface area contributed by atoms with Crippen molar-refractivity contribution in [3.63, 3.8) is 0 Å². The number of rotatable bonds is 4. The number of hydrogen-bond acceptors (Lipinski definition) is 6. The summed E-state index contributed by atoms with van der Waals surface area (Å²) in [6.07, 6.45) is 5.67. The van der Waals surface area contributed by atoms with E-state index in [0.29, 0.717) is 30.0 Å². The molecular formula is C26H35N7O3. The molecular weight excluding hydrogens is 458 g/mol. The number of amides is 3. The Bertz CT molecular complexity index is 1130. The first kappa shape index (κ1) is 23.4. The SMILES string of the molecule is C[C@@H]1CN(C(=O)N2Cc3c(NC(=O)c4ccccn4)n[nH]c3C23CC3)[C@@H](C)CN1CC1CCOCC1. The van der Waals surface area contributed by atoms with Gasteiger partial charge in [-0.1, -0.05) is 6.07 Å². The maximum absolute atomic E-state index is 13.9. The zero-order valence-electron chi connectivity index (χ0n) is 21.1. The predicted molar refractivity (Wildman–Crippen MR) is 133 cm³/mol. The number of nitrogens with zero attached hydrogens (tertiary/aromatic N) is 5. The van der Waals surface area contributed by atoms with Crippen molar-refractivity contribution in [2.75, 3.05) is 38.2 Å². The second-order valence-electron chi connectivity index (χ2n) is 10.9. The van der Waals surface area contributed by atoms with Crippen molar-refractivity contribution in [1.82, 2.24) is 29.9 Å². The molecule has 0 unspecified atom stereocenters. The Morgan fingerprint density at radius 3 is 2.69 bits per heavy atom. The number of pyridine rings is 1. The third kappa shape index (κ3) is 4.06. The highest BCUT2D eigenvalue weighted by molar-refractivity contribution is 6.02. The van der Waals surface area contributed by atoms with E-state index >= 15 is 0 Å². The van der Waals surface area contributed by atoms with Crippen LogP contribution in [0.1, 0.15) is 61.3 Å². The zero-order valence-corrected chi connectivity index (χ0v) is 21.1. The summed E-state index contributed by atoms with van der Waals surface area (Å²) in [4.78, 5) is 37.3. The average molecular weight is 494 g/mol. The van der Waals surface area contributed by atoms with Crippen molar-refractivity contribution in [2.24, 2.45) is 5.92 Å². The van der Waals surface area contributed by atoms with Gasteiger partial charge in [0.2, 0.25) is 0 Å². The van der Waals surface area contributed by atoms with E-state index in [1.54, 1.807) is 24.4 Å². The maximum Gasteiger partial charge on any atom is 0.321 e. The summed E-state index contributed by atoms with van der Waals surface area (Å²) < 4.78 is 5.53. The van der Waals surface area contributed by atoms with Crippen LogP contribution in [0.4, 0.5) is 10.6 Å². The van der Waals surface area contributed by atoms with Gasteiger partial charge >= 0.3 is 6.03 Å². The molecule has 2 aromatic heterocycles. The zero-order chi connectivity index (χ0) is 24.9. The summed E-state index contributed by atoms with van der Waals surface area (Å²) in [5, 5.41) is 10.4. The molecule has 4 aliphatic rings. The van der Waals surface area contributed by atoms with E-state index in [9.17, 15) is 9.59 Å². The summed E-state index contributed by atoms with van der Waals surface area (Å²) in [5.74, 6) is 0.869. The van der Waals surface area contributed by atoms with Gasteiger partial charge in [0.1, 0.15) is 5.69 Å². The topological polar surface area (TPSA) is 107 Å². The Kier molecular flexibility index (Phi) is 5.95. The molecule has 2 N–H and O–H groups in total. The summed E-state index contributed by atoms with van der Waals surface area (Å²) in [6, 6.07) is 5.77. The summed E-state index contributed by atoms with van der Waals surface area (Å²) in [6.45, 7) is 9.28. The normalized spacial score (nSPS) is 25.7. The van der Waals surface area contributed by atoms with Crippen LogP contribution in [0.15, 0.2) is 24.4 Å². The van der Waals surface area contributed by atoms with Crippen molar-refractivity contribution in [2.45, 2.75) is 63.7 Å². The molecule has 3 fully saturated rings. The Balaban J connectivity index is 1.14. The highest BCUT2D eigenvalue weighted by Crippen LogP contribution is 2.57. The number of ether oxygens (including phenoxy) is 1. The summed E-state index contributed by atoms with van der Waals surface area (Å²) in [5.41, 5.74) is 1.88. The molecule has 3 aliphatic heterocycles. The minimum absolute atomic E-state index is 0.0872. The third-order valence-electron chi connectivity index (χ3n) is 8.44. The highest BCUT2D eigenvalue weighted by Gasteiger charge is 2.59. The largest absolute Gasteiger partial charge is 0.381 e. The van der Waals surface area contributed by atoms with Gasteiger partial charge in [-0.05, 0) is 57.6 Å². The number of aromatic amines is 1. The van der Waals surface area contributed by atoms with Gasteiger partial charge in [-0.2, -0.15) is 5.10 Å². The van der Waals surface area contributed by atoms with Crippen LogP contribution < -0.4 is 5.32 Å². The molecule has 36 heavy (non-hydrogen) atoms. The number of hydrogen-bond donors (Lipinski definition) is 2. The van der Waals surface area contributed by atoms with E-state index in [4.69, 9.17) is 4.74 Å². The fraction of sp³-hybridized carbons (Fsp3) is 0.615. The van der Waals surface area contributed by atoms with Crippen molar-refractivity contribution >= 4 is 17.8 Å². The van der Waals surface area contributed by atoms with Crippen LogP contribution in [-0.4, -0.2) is 86.8 Å². The molecule has 1 spiro atoms.